The molecule has 6 nitrogen and oxygen atoms in total. The lowest BCUT2D eigenvalue weighted by Crippen LogP contribution is -2.41. The number of carbonyl (C=O) groups excluding carboxylic acids is 2. The van der Waals surface area contributed by atoms with Gasteiger partial charge in [0, 0.05) is 18.5 Å². The molecule has 1 atom stereocenters. The van der Waals surface area contributed by atoms with Gasteiger partial charge in [-0.25, -0.2) is 0 Å². The van der Waals surface area contributed by atoms with Crippen molar-refractivity contribution in [3.63, 3.8) is 0 Å². The molecule has 0 unspecified atom stereocenters. The first-order chi connectivity index (χ1) is 11.1. The summed E-state index contributed by atoms with van der Waals surface area (Å²) in [5.41, 5.74) is 1.17. The summed E-state index contributed by atoms with van der Waals surface area (Å²) in [7, 11) is 0. The van der Waals surface area contributed by atoms with Crippen LogP contribution in [0.3, 0.4) is 0 Å². The molecule has 1 aliphatic heterocycles. The van der Waals surface area contributed by atoms with Crippen molar-refractivity contribution < 1.29 is 18.8 Å². The maximum absolute atomic E-state index is 12.1. The summed E-state index contributed by atoms with van der Waals surface area (Å²) in [4.78, 5) is 25.8. The van der Waals surface area contributed by atoms with Crippen molar-refractivity contribution in [3.05, 3.63) is 30.0 Å². The van der Waals surface area contributed by atoms with Crippen molar-refractivity contribution in [2.75, 3.05) is 19.7 Å². The fourth-order valence-corrected chi connectivity index (χ4v) is 2.90. The van der Waals surface area contributed by atoms with Crippen LogP contribution >= 0.6 is 0 Å². The largest absolute Gasteiger partial charge is 0.455 e. The highest BCUT2D eigenvalue weighted by atomic mass is 16.5. The number of piperidine rings is 1. The minimum atomic E-state index is -0.470. The molecule has 2 aromatic rings. The van der Waals surface area contributed by atoms with E-state index in [4.69, 9.17) is 9.26 Å². The van der Waals surface area contributed by atoms with E-state index in [0.717, 1.165) is 31.3 Å². The van der Waals surface area contributed by atoms with Gasteiger partial charge in [-0.2, -0.15) is 0 Å². The third-order valence-corrected chi connectivity index (χ3v) is 4.13. The second kappa shape index (κ2) is 6.81. The lowest BCUT2D eigenvalue weighted by molar-refractivity contribution is -0.152. The third-order valence-electron chi connectivity index (χ3n) is 4.13. The minimum absolute atomic E-state index is 0.000691. The molecule has 0 aliphatic carbocycles. The quantitative estimate of drug-likeness (QED) is 0.808. The van der Waals surface area contributed by atoms with Crippen molar-refractivity contribution in [2.45, 2.75) is 26.2 Å². The summed E-state index contributed by atoms with van der Waals surface area (Å²) in [5, 5.41) is 4.68. The Bertz CT molecular complexity index is 709. The first kappa shape index (κ1) is 15.5. The molecule has 1 aliphatic rings. The van der Waals surface area contributed by atoms with Gasteiger partial charge in [0.1, 0.15) is 5.69 Å². The average molecular weight is 316 g/mol. The van der Waals surface area contributed by atoms with E-state index in [1.807, 2.05) is 18.2 Å². The van der Waals surface area contributed by atoms with Crippen LogP contribution in [-0.2, 0) is 20.7 Å². The van der Waals surface area contributed by atoms with Crippen molar-refractivity contribution >= 4 is 22.8 Å². The summed E-state index contributed by atoms with van der Waals surface area (Å²) in [6.07, 6.45) is 2.15. The molecule has 1 fully saturated rings. The van der Waals surface area contributed by atoms with Gasteiger partial charge >= 0.3 is 5.97 Å². The van der Waals surface area contributed by atoms with E-state index in [2.05, 4.69) is 12.1 Å². The molecule has 0 saturated carbocycles. The highest BCUT2D eigenvalue weighted by Gasteiger charge is 2.22. The van der Waals surface area contributed by atoms with E-state index in [-0.39, 0.29) is 18.9 Å². The molecule has 1 aromatic carbocycles. The van der Waals surface area contributed by atoms with Gasteiger partial charge in [0.25, 0.3) is 5.91 Å². The normalized spacial score (nSPS) is 18.1. The predicted octanol–water partition coefficient (Wildman–Crippen LogP) is 2.17. The van der Waals surface area contributed by atoms with Crippen LogP contribution in [0.4, 0.5) is 0 Å². The Morgan fingerprint density at radius 3 is 3.04 bits per heavy atom. The van der Waals surface area contributed by atoms with E-state index in [0.29, 0.717) is 17.2 Å². The maximum atomic E-state index is 12.1. The van der Waals surface area contributed by atoms with Crippen LogP contribution in [0.2, 0.25) is 0 Å². The van der Waals surface area contributed by atoms with Crippen LogP contribution in [-0.4, -0.2) is 41.6 Å². The SMILES string of the molecule is C[C@H]1CCCN(C(=O)COC(=O)Cc2noc3ccccc23)C1. The molecule has 0 radical (unpaired) electrons. The van der Waals surface area contributed by atoms with Crippen molar-refractivity contribution in [3.8, 4) is 0 Å². The lowest BCUT2D eigenvalue weighted by Gasteiger charge is -2.30. The number of hydrogen-bond acceptors (Lipinski definition) is 5. The van der Waals surface area contributed by atoms with Gasteiger partial charge in [-0.3, -0.25) is 9.59 Å². The van der Waals surface area contributed by atoms with E-state index >= 15 is 0 Å². The number of esters is 1. The number of benzene rings is 1. The Balaban J connectivity index is 1.52. The first-order valence-corrected chi connectivity index (χ1v) is 7.90. The molecule has 122 valence electrons. The monoisotopic (exact) mass is 316 g/mol. The number of fused-ring (bicyclic) bond motifs is 1. The summed E-state index contributed by atoms with van der Waals surface area (Å²) >= 11 is 0. The number of likely N-dealkylation sites (tertiary alicyclic amines) is 1. The van der Waals surface area contributed by atoms with Crippen molar-refractivity contribution in [2.24, 2.45) is 5.92 Å². The van der Waals surface area contributed by atoms with Gasteiger partial charge in [-0.1, -0.05) is 24.2 Å². The topological polar surface area (TPSA) is 72.6 Å². The van der Waals surface area contributed by atoms with Crippen molar-refractivity contribution in [1.82, 2.24) is 10.1 Å². The van der Waals surface area contributed by atoms with Crippen LogP contribution in [0.5, 0.6) is 0 Å². The van der Waals surface area contributed by atoms with E-state index in [1.165, 1.54) is 0 Å². The zero-order valence-corrected chi connectivity index (χ0v) is 13.2. The fraction of sp³-hybridized carbons (Fsp3) is 0.471. The second-order valence-corrected chi connectivity index (χ2v) is 6.05. The summed E-state index contributed by atoms with van der Waals surface area (Å²) in [5.74, 6) is -0.0951. The number of aromatic nitrogens is 1. The summed E-state index contributed by atoms with van der Waals surface area (Å²) < 4.78 is 10.3. The number of carbonyl (C=O) groups is 2. The van der Waals surface area contributed by atoms with Gasteiger partial charge in [0.15, 0.2) is 12.2 Å². The van der Waals surface area contributed by atoms with Crippen LogP contribution in [0.15, 0.2) is 28.8 Å². The van der Waals surface area contributed by atoms with Gasteiger partial charge in [0.05, 0.1) is 6.42 Å². The lowest BCUT2D eigenvalue weighted by atomic mass is 10.0. The highest BCUT2D eigenvalue weighted by molar-refractivity contribution is 5.85. The minimum Gasteiger partial charge on any atom is -0.455 e. The number of para-hydroxylation sites is 1. The zero-order chi connectivity index (χ0) is 16.2. The predicted molar refractivity (Wildman–Crippen MR) is 83.7 cm³/mol. The number of rotatable bonds is 4. The Morgan fingerprint density at radius 1 is 1.39 bits per heavy atom. The molecule has 3 rings (SSSR count). The highest BCUT2D eigenvalue weighted by Crippen LogP contribution is 2.18. The van der Waals surface area contributed by atoms with Gasteiger partial charge in [0.2, 0.25) is 0 Å². The standard InChI is InChI=1S/C17H20N2O4/c1-12-5-4-8-19(10-12)16(20)11-22-17(21)9-14-13-6-2-3-7-15(13)23-18-14/h2-3,6-7,12H,4-5,8-11H2,1H3/t12-/m0/s1. The maximum Gasteiger partial charge on any atom is 0.312 e. The number of hydrogen-bond donors (Lipinski definition) is 0. The summed E-state index contributed by atoms with van der Waals surface area (Å²) in [6.45, 7) is 3.40. The van der Waals surface area contributed by atoms with E-state index < -0.39 is 5.97 Å². The van der Waals surface area contributed by atoms with Gasteiger partial charge in [-0.15, -0.1) is 0 Å². The van der Waals surface area contributed by atoms with Crippen LogP contribution in [0, 0.1) is 5.92 Å². The molecule has 1 saturated heterocycles. The first-order valence-electron chi connectivity index (χ1n) is 7.90. The second-order valence-electron chi connectivity index (χ2n) is 6.05. The molecule has 6 heteroatoms. The van der Waals surface area contributed by atoms with E-state index in [1.54, 1.807) is 11.0 Å². The van der Waals surface area contributed by atoms with Gasteiger partial charge < -0.3 is 14.2 Å². The Morgan fingerprint density at radius 2 is 2.22 bits per heavy atom. The Kier molecular flexibility index (Phi) is 4.60. The average Bonchev–Trinajstić information content (AvgIpc) is 2.96. The third kappa shape index (κ3) is 3.70. The molecule has 1 aromatic heterocycles. The van der Waals surface area contributed by atoms with E-state index in [9.17, 15) is 9.59 Å². The van der Waals surface area contributed by atoms with Gasteiger partial charge in [-0.05, 0) is 30.9 Å². The molecule has 0 spiro atoms. The molecule has 23 heavy (non-hydrogen) atoms. The molecule has 1 amide bonds. The molecular formula is C17H20N2O4. The Labute approximate surface area is 134 Å². The Hall–Kier alpha value is -2.37. The molecular weight excluding hydrogens is 296 g/mol. The fourth-order valence-electron chi connectivity index (χ4n) is 2.90. The van der Waals surface area contributed by atoms with Crippen LogP contribution in [0.1, 0.15) is 25.5 Å². The van der Waals surface area contributed by atoms with Crippen LogP contribution in [0.25, 0.3) is 11.0 Å². The molecule has 0 N–H and O–H groups in total. The zero-order valence-electron chi connectivity index (χ0n) is 13.2. The number of amides is 1. The molecule has 2 heterocycles. The summed E-state index contributed by atoms with van der Waals surface area (Å²) in [6, 6.07) is 7.33. The number of ether oxygens (including phenoxy) is 1. The number of nitrogens with zero attached hydrogens (tertiary/aromatic N) is 2. The van der Waals surface area contributed by atoms with Crippen LogP contribution < -0.4 is 0 Å². The molecule has 0 bridgehead atoms. The smallest absolute Gasteiger partial charge is 0.312 e. The van der Waals surface area contributed by atoms with Crippen molar-refractivity contribution in [1.29, 1.82) is 0 Å².